The summed E-state index contributed by atoms with van der Waals surface area (Å²) < 4.78 is 0. The summed E-state index contributed by atoms with van der Waals surface area (Å²) in [6.45, 7) is 12.8. The van der Waals surface area contributed by atoms with Crippen LogP contribution < -0.4 is 15.1 Å². The van der Waals surface area contributed by atoms with E-state index < -0.39 is 0 Å². The second-order valence-corrected chi connectivity index (χ2v) is 8.57. The third kappa shape index (κ3) is 5.76. The second-order valence-electron chi connectivity index (χ2n) is 8.57. The third-order valence-electron chi connectivity index (χ3n) is 5.66. The number of benzene rings is 1. The molecule has 0 radical (unpaired) electrons. The lowest BCUT2D eigenvalue weighted by molar-refractivity contribution is -0.892. The Hall–Kier alpha value is -2.47. The average molecular weight is 397 g/mol. The van der Waals surface area contributed by atoms with Crippen LogP contribution in [0.5, 0.6) is 0 Å². The number of hydrogen-bond acceptors (Lipinski definition) is 4. The maximum Gasteiger partial charge on any atom is 0.275 e. The maximum atomic E-state index is 12.8. The highest BCUT2D eigenvalue weighted by Crippen LogP contribution is 2.24. The zero-order valence-electron chi connectivity index (χ0n) is 18.1. The van der Waals surface area contributed by atoms with Crippen LogP contribution in [0.4, 0.5) is 5.95 Å². The molecule has 2 aromatic rings. The lowest BCUT2D eigenvalue weighted by Gasteiger charge is -2.32. The molecule has 1 aromatic heterocycles. The largest absolute Gasteiger partial charge is 0.344 e. The van der Waals surface area contributed by atoms with Crippen molar-refractivity contribution in [2.45, 2.75) is 39.7 Å². The summed E-state index contributed by atoms with van der Waals surface area (Å²) in [5.74, 6) is 1.75. The Labute approximate surface area is 174 Å². The summed E-state index contributed by atoms with van der Waals surface area (Å²) in [6, 6.07) is 10.5. The van der Waals surface area contributed by atoms with Crippen molar-refractivity contribution in [1.29, 1.82) is 0 Å². The minimum Gasteiger partial charge on any atom is -0.344 e. The van der Waals surface area contributed by atoms with Crippen LogP contribution in [0, 0.1) is 5.92 Å². The van der Waals surface area contributed by atoms with Gasteiger partial charge in [0.05, 0.1) is 32.2 Å². The van der Waals surface area contributed by atoms with Crippen LogP contribution in [0.15, 0.2) is 42.7 Å². The van der Waals surface area contributed by atoms with Crippen LogP contribution in [0.1, 0.15) is 50.8 Å². The summed E-state index contributed by atoms with van der Waals surface area (Å²) in [7, 11) is 0. The molecule has 2 heterocycles. The van der Waals surface area contributed by atoms with Gasteiger partial charge in [-0.1, -0.05) is 52.0 Å². The van der Waals surface area contributed by atoms with Crippen molar-refractivity contribution in [3.63, 3.8) is 0 Å². The van der Waals surface area contributed by atoms with Crippen molar-refractivity contribution in [1.82, 2.24) is 15.3 Å². The lowest BCUT2D eigenvalue weighted by atomic mass is 9.93. The number of carbonyl (C=O) groups is 1. The van der Waals surface area contributed by atoms with E-state index in [9.17, 15) is 4.79 Å². The van der Waals surface area contributed by atoms with E-state index in [-0.39, 0.29) is 11.9 Å². The molecule has 156 valence electrons. The molecule has 1 amide bonds. The van der Waals surface area contributed by atoms with Gasteiger partial charge in [-0.05, 0) is 29.0 Å². The van der Waals surface area contributed by atoms with Crippen molar-refractivity contribution in [2.75, 3.05) is 37.6 Å². The maximum absolute atomic E-state index is 12.8. The van der Waals surface area contributed by atoms with Crippen molar-refractivity contribution < 1.29 is 9.69 Å². The minimum absolute atomic E-state index is 0.0436. The van der Waals surface area contributed by atoms with Crippen molar-refractivity contribution in [2.24, 2.45) is 5.92 Å². The number of anilines is 1. The first kappa shape index (κ1) is 21.2. The van der Waals surface area contributed by atoms with E-state index in [1.807, 2.05) is 6.07 Å². The van der Waals surface area contributed by atoms with Gasteiger partial charge in [0, 0.05) is 12.4 Å². The molecule has 1 fully saturated rings. The number of rotatable bonds is 7. The molecule has 0 saturated carbocycles. The first-order chi connectivity index (χ1) is 13.9. The van der Waals surface area contributed by atoms with E-state index in [4.69, 9.17) is 0 Å². The fourth-order valence-electron chi connectivity index (χ4n) is 3.83. The number of hydrogen-bond donors (Lipinski definition) is 2. The SMILES string of the molecule is CC(C)c1ccc([C@@H](NC(=O)C[NH+]2CCN(c3ncccn3)CC2)C(C)C)cc1. The molecule has 1 aromatic carbocycles. The Kier molecular flexibility index (Phi) is 7.20. The van der Waals surface area contributed by atoms with E-state index >= 15 is 0 Å². The van der Waals surface area contributed by atoms with E-state index in [1.54, 1.807) is 12.4 Å². The van der Waals surface area contributed by atoms with Gasteiger partial charge in [0.15, 0.2) is 6.54 Å². The van der Waals surface area contributed by atoms with Crippen LogP contribution in [0.3, 0.4) is 0 Å². The van der Waals surface area contributed by atoms with Crippen LogP contribution in [0.2, 0.25) is 0 Å². The smallest absolute Gasteiger partial charge is 0.275 e. The van der Waals surface area contributed by atoms with Gasteiger partial charge < -0.3 is 15.1 Å². The van der Waals surface area contributed by atoms with E-state index in [0.29, 0.717) is 18.4 Å². The molecule has 1 atom stereocenters. The standard InChI is InChI=1S/C23H33N5O/c1-17(2)19-6-8-20(9-7-19)22(18(3)4)26-21(29)16-27-12-14-28(15-13-27)23-24-10-5-11-25-23/h5-11,17-18,22H,12-16H2,1-4H3,(H,26,29)/p+1/t22-/m0/s1. The minimum atomic E-state index is 0.0436. The number of nitrogens with one attached hydrogen (secondary N) is 2. The van der Waals surface area contributed by atoms with Crippen LogP contribution in [-0.2, 0) is 4.79 Å². The number of nitrogens with zero attached hydrogens (tertiary/aromatic N) is 3. The Balaban J connectivity index is 1.53. The molecule has 1 saturated heterocycles. The molecule has 6 heteroatoms. The normalized spacial score (nSPS) is 16.3. The van der Waals surface area contributed by atoms with Gasteiger partial charge >= 0.3 is 0 Å². The first-order valence-corrected chi connectivity index (χ1v) is 10.7. The van der Waals surface area contributed by atoms with E-state index in [2.05, 4.69) is 72.1 Å². The summed E-state index contributed by atoms with van der Waals surface area (Å²) >= 11 is 0. The fraction of sp³-hybridized carbons (Fsp3) is 0.522. The summed E-state index contributed by atoms with van der Waals surface area (Å²) in [5.41, 5.74) is 2.51. The average Bonchev–Trinajstić information content (AvgIpc) is 2.73. The Morgan fingerprint density at radius 3 is 2.17 bits per heavy atom. The highest BCUT2D eigenvalue weighted by Gasteiger charge is 2.25. The lowest BCUT2D eigenvalue weighted by Crippen LogP contribution is -3.16. The molecule has 1 aliphatic rings. The van der Waals surface area contributed by atoms with Crippen molar-refractivity contribution >= 4 is 11.9 Å². The Morgan fingerprint density at radius 1 is 1.03 bits per heavy atom. The van der Waals surface area contributed by atoms with Crippen LogP contribution in [-0.4, -0.2) is 48.6 Å². The molecule has 6 nitrogen and oxygen atoms in total. The fourth-order valence-corrected chi connectivity index (χ4v) is 3.83. The van der Waals surface area contributed by atoms with Crippen molar-refractivity contribution in [3.8, 4) is 0 Å². The highest BCUT2D eigenvalue weighted by molar-refractivity contribution is 5.77. The number of carbonyl (C=O) groups excluding carboxylic acids is 1. The second kappa shape index (κ2) is 9.83. The number of amides is 1. The van der Waals surface area contributed by atoms with Gasteiger partial charge in [-0.15, -0.1) is 0 Å². The molecular formula is C23H34N5O+. The first-order valence-electron chi connectivity index (χ1n) is 10.7. The summed E-state index contributed by atoms with van der Waals surface area (Å²) in [6.07, 6.45) is 3.55. The summed E-state index contributed by atoms with van der Waals surface area (Å²) in [4.78, 5) is 24.9. The molecule has 3 rings (SSSR count). The van der Waals surface area contributed by atoms with Gasteiger partial charge in [0.2, 0.25) is 5.95 Å². The zero-order valence-corrected chi connectivity index (χ0v) is 18.1. The third-order valence-corrected chi connectivity index (χ3v) is 5.66. The van der Waals surface area contributed by atoms with E-state index in [1.165, 1.54) is 16.0 Å². The molecule has 0 unspecified atom stereocenters. The molecular weight excluding hydrogens is 362 g/mol. The topological polar surface area (TPSA) is 62.6 Å². The Bertz CT molecular complexity index is 768. The van der Waals surface area contributed by atoms with E-state index in [0.717, 1.165) is 32.1 Å². The monoisotopic (exact) mass is 396 g/mol. The predicted molar refractivity (Wildman–Crippen MR) is 116 cm³/mol. The van der Waals surface area contributed by atoms with Gasteiger partial charge in [0.1, 0.15) is 0 Å². The highest BCUT2D eigenvalue weighted by atomic mass is 16.2. The van der Waals surface area contributed by atoms with Gasteiger partial charge in [0.25, 0.3) is 5.91 Å². The summed E-state index contributed by atoms with van der Waals surface area (Å²) in [5, 5.41) is 3.27. The number of piperazine rings is 1. The molecule has 29 heavy (non-hydrogen) atoms. The predicted octanol–water partition coefficient (Wildman–Crippen LogP) is 1.82. The molecule has 0 aliphatic carbocycles. The van der Waals surface area contributed by atoms with Crippen LogP contribution >= 0.6 is 0 Å². The van der Waals surface area contributed by atoms with Gasteiger partial charge in [-0.3, -0.25) is 4.79 Å². The molecule has 1 aliphatic heterocycles. The number of aromatic nitrogens is 2. The molecule has 0 spiro atoms. The van der Waals surface area contributed by atoms with Crippen molar-refractivity contribution in [3.05, 3.63) is 53.9 Å². The molecule has 2 N–H and O–H groups in total. The Morgan fingerprint density at radius 2 is 1.62 bits per heavy atom. The number of quaternary nitrogens is 1. The molecule has 0 bridgehead atoms. The van der Waals surface area contributed by atoms with Gasteiger partial charge in [-0.25, -0.2) is 9.97 Å². The van der Waals surface area contributed by atoms with Gasteiger partial charge in [-0.2, -0.15) is 0 Å². The van der Waals surface area contributed by atoms with Crippen LogP contribution in [0.25, 0.3) is 0 Å². The zero-order chi connectivity index (χ0) is 20.8. The quantitative estimate of drug-likeness (QED) is 0.749.